The molecular weight excluding hydrogens is 254 g/mol. The van der Waals surface area contributed by atoms with Gasteiger partial charge in [-0.2, -0.15) is 0 Å². The SMILES string of the molecule is CNc1ccc(C(=O)NCCOc2ccccc2)cn1. The Kier molecular flexibility index (Phi) is 4.94. The second kappa shape index (κ2) is 7.13. The first-order valence-corrected chi connectivity index (χ1v) is 6.39. The summed E-state index contributed by atoms with van der Waals surface area (Å²) < 4.78 is 5.49. The molecule has 2 aromatic rings. The van der Waals surface area contributed by atoms with E-state index in [-0.39, 0.29) is 5.91 Å². The average molecular weight is 271 g/mol. The van der Waals surface area contributed by atoms with Crippen LogP contribution in [0.25, 0.3) is 0 Å². The molecule has 1 aromatic heterocycles. The first-order chi connectivity index (χ1) is 9.79. The first-order valence-electron chi connectivity index (χ1n) is 6.39. The second-order valence-electron chi connectivity index (χ2n) is 4.10. The molecule has 1 amide bonds. The van der Waals surface area contributed by atoms with E-state index in [4.69, 9.17) is 4.74 Å². The van der Waals surface area contributed by atoms with E-state index in [1.165, 1.54) is 0 Å². The normalized spacial score (nSPS) is 9.85. The maximum Gasteiger partial charge on any atom is 0.252 e. The van der Waals surface area contributed by atoms with Crippen molar-refractivity contribution >= 4 is 11.7 Å². The number of pyridine rings is 1. The molecule has 5 heteroatoms. The predicted molar refractivity (Wildman–Crippen MR) is 78.1 cm³/mol. The molecule has 0 fully saturated rings. The number of amides is 1. The third-order valence-corrected chi connectivity index (χ3v) is 2.68. The number of anilines is 1. The van der Waals surface area contributed by atoms with Crippen LogP contribution in [0.3, 0.4) is 0 Å². The molecule has 0 atom stereocenters. The first kappa shape index (κ1) is 13.9. The van der Waals surface area contributed by atoms with Crippen LogP contribution in [0.1, 0.15) is 10.4 Å². The minimum Gasteiger partial charge on any atom is -0.492 e. The molecule has 0 saturated carbocycles. The average Bonchev–Trinajstić information content (AvgIpc) is 2.52. The van der Waals surface area contributed by atoms with Crippen LogP contribution in [-0.2, 0) is 0 Å². The maximum absolute atomic E-state index is 11.8. The third kappa shape index (κ3) is 3.98. The lowest BCUT2D eigenvalue weighted by molar-refractivity contribution is 0.0946. The summed E-state index contributed by atoms with van der Waals surface area (Å²) in [4.78, 5) is 15.9. The van der Waals surface area contributed by atoms with Crippen molar-refractivity contribution in [3.05, 3.63) is 54.2 Å². The number of nitrogens with zero attached hydrogens (tertiary/aromatic N) is 1. The maximum atomic E-state index is 11.8. The Morgan fingerprint density at radius 2 is 2.00 bits per heavy atom. The van der Waals surface area contributed by atoms with Gasteiger partial charge in [0.05, 0.1) is 12.1 Å². The lowest BCUT2D eigenvalue weighted by atomic mass is 10.2. The van der Waals surface area contributed by atoms with Crippen LogP contribution in [0.15, 0.2) is 48.7 Å². The van der Waals surface area contributed by atoms with Crippen molar-refractivity contribution in [3.63, 3.8) is 0 Å². The monoisotopic (exact) mass is 271 g/mol. The van der Waals surface area contributed by atoms with Gasteiger partial charge < -0.3 is 15.4 Å². The number of nitrogens with one attached hydrogen (secondary N) is 2. The van der Waals surface area contributed by atoms with Crippen LogP contribution in [0.4, 0.5) is 5.82 Å². The number of hydrogen-bond donors (Lipinski definition) is 2. The van der Waals surface area contributed by atoms with Crippen molar-refractivity contribution in [2.24, 2.45) is 0 Å². The van der Waals surface area contributed by atoms with Crippen LogP contribution in [0.2, 0.25) is 0 Å². The largest absolute Gasteiger partial charge is 0.492 e. The third-order valence-electron chi connectivity index (χ3n) is 2.68. The van der Waals surface area contributed by atoms with Crippen molar-refractivity contribution in [3.8, 4) is 5.75 Å². The Morgan fingerprint density at radius 1 is 1.20 bits per heavy atom. The van der Waals surface area contributed by atoms with E-state index in [2.05, 4.69) is 15.6 Å². The number of aromatic nitrogens is 1. The minimum atomic E-state index is -0.156. The van der Waals surface area contributed by atoms with E-state index < -0.39 is 0 Å². The predicted octanol–water partition coefficient (Wildman–Crippen LogP) is 1.93. The minimum absolute atomic E-state index is 0.156. The standard InChI is InChI=1S/C15H17N3O2/c1-16-14-8-7-12(11-18-14)15(19)17-9-10-20-13-5-3-2-4-6-13/h2-8,11H,9-10H2,1H3,(H,16,18)(H,17,19). The molecule has 20 heavy (non-hydrogen) atoms. The van der Waals surface area contributed by atoms with E-state index in [0.29, 0.717) is 18.7 Å². The van der Waals surface area contributed by atoms with Gasteiger partial charge in [-0.15, -0.1) is 0 Å². The molecule has 0 aliphatic heterocycles. The molecule has 0 saturated heterocycles. The smallest absolute Gasteiger partial charge is 0.252 e. The summed E-state index contributed by atoms with van der Waals surface area (Å²) in [5, 5.41) is 5.68. The number of ether oxygens (including phenoxy) is 1. The molecule has 5 nitrogen and oxygen atoms in total. The van der Waals surface area contributed by atoms with Crippen LogP contribution in [0.5, 0.6) is 5.75 Å². The fourth-order valence-corrected chi connectivity index (χ4v) is 1.63. The molecule has 2 rings (SSSR count). The van der Waals surface area contributed by atoms with Crippen LogP contribution < -0.4 is 15.4 Å². The van der Waals surface area contributed by atoms with E-state index >= 15 is 0 Å². The van der Waals surface area contributed by atoms with Crippen LogP contribution >= 0.6 is 0 Å². The van der Waals surface area contributed by atoms with Gasteiger partial charge in [-0.25, -0.2) is 4.98 Å². The lowest BCUT2D eigenvalue weighted by Gasteiger charge is -2.07. The Morgan fingerprint density at radius 3 is 2.65 bits per heavy atom. The molecule has 0 spiro atoms. The summed E-state index contributed by atoms with van der Waals surface area (Å²) in [5.41, 5.74) is 0.531. The van der Waals surface area contributed by atoms with E-state index in [1.807, 2.05) is 30.3 Å². The number of hydrogen-bond acceptors (Lipinski definition) is 4. The van der Waals surface area contributed by atoms with Gasteiger partial charge in [-0.1, -0.05) is 18.2 Å². The van der Waals surface area contributed by atoms with Crippen molar-refractivity contribution in [2.45, 2.75) is 0 Å². The summed E-state index contributed by atoms with van der Waals surface area (Å²) in [7, 11) is 1.78. The van der Waals surface area contributed by atoms with Crippen molar-refractivity contribution in [1.82, 2.24) is 10.3 Å². The summed E-state index contributed by atoms with van der Waals surface area (Å²) >= 11 is 0. The highest BCUT2D eigenvalue weighted by atomic mass is 16.5. The van der Waals surface area contributed by atoms with Crippen LogP contribution in [-0.4, -0.2) is 31.1 Å². The van der Waals surface area contributed by atoms with Gasteiger partial charge in [0.1, 0.15) is 18.2 Å². The van der Waals surface area contributed by atoms with Gasteiger partial charge >= 0.3 is 0 Å². The highest BCUT2D eigenvalue weighted by Crippen LogP contribution is 2.07. The summed E-state index contributed by atoms with van der Waals surface area (Å²) in [6.07, 6.45) is 1.54. The second-order valence-corrected chi connectivity index (χ2v) is 4.10. The zero-order valence-corrected chi connectivity index (χ0v) is 11.3. The zero-order chi connectivity index (χ0) is 14.2. The van der Waals surface area contributed by atoms with Gasteiger partial charge in [0, 0.05) is 13.2 Å². The molecule has 104 valence electrons. The lowest BCUT2D eigenvalue weighted by Crippen LogP contribution is -2.28. The molecule has 2 N–H and O–H groups in total. The topological polar surface area (TPSA) is 63.2 Å². The van der Waals surface area contributed by atoms with E-state index in [9.17, 15) is 4.79 Å². The molecular formula is C15H17N3O2. The summed E-state index contributed by atoms with van der Waals surface area (Å²) in [6, 6.07) is 13.0. The highest BCUT2D eigenvalue weighted by molar-refractivity contribution is 5.94. The number of carbonyl (C=O) groups excluding carboxylic acids is 1. The summed E-state index contributed by atoms with van der Waals surface area (Å²) in [6.45, 7) is 0.874. The van der Waals surface area contributed by atoms with E-state index in [0.717, 1.165) is 11.6 Å². The number of rotatable bonds is 6. The fraction of sp³-hybridized carbons (Fsp3) is 0.200. The molecule has 1 heterocycles. The Bertz CT molecular complexity index is 541. The molecule has 1 aromatic carbocycles. The van der Waals surface area contributed by atoms with Crippen molar-refractivity contribution in [1.29, 1.82) is 0 Å². The van der Waals surface area contributed by atoms with Gasteiger partial charge in [0.2, 0.25) is 0 Å². The van der Waals surface area contributed by atoms with Crippen molar-refractivity contribution < 1.29 is 9.53 Å². The van der Waals surface area contributed by atoms with Gasteiger partial charge in [0.25, 0.3) is 5.91 Å². The highest BCUT2D eigenvalue weighted by Gasteiger charge is 2.05. The number of carbonyl (C=O) groups is 1. The zero-order valence-electron chi connectivity index (χ0n) is 11.3. The van der Waals surface area contributed by atoms with Gasteiger partial charge in [-0.3, -0.25) is 4.79 Å². The number of para-hydroxylation sites is 1. The number of benzene rings is 1. The van der Waals surface area contributed by atoms with Gasteiger partial charge in [0.15, 0.2) is 0 Å². The molecule has 0 aliphatic rings. The summed E-state index contributed by atoms with van der Waals surface area (Å²) in [5.74, 6) is 1.37. The Balaban J connectivity index is 1.74. The Hall–Kier alpha value is -2.56. The molecule has 0 unspecified atom stereocenters. The molecule has 0 radical (unpaired) electrons. The Labute approximate surface area is 118 Å². The van der Waals surface area contributed by atoms with Gasteiger partial charge in [-0.05, 0) is 24.3 Å². The van der Waals surface area contributed by atoms with Crippen molar-refractivity contribution in [2.75, 3.05) is 25.5 Å². The quantitative estimate of drug-likeness (QED) is 0.788. The molecule has 0 bridgehead atoms. The fourth-order valence-electron chi connectivity index (χ4n) is 1.63. The molecule has 0 aliphatic carbocycles. The van der Waals surface area contributed by atoms with Crippen LogP contribution in [0, 0.1) is 0 Å². The van der Waals surface area contributed by atoms with E-state index in [1.54, 1.807) is 25.4 Å².